The summed E-state index contributed by atoms with van der Waals surface area (Å²) in [6.07, 6.45) is 0.888. The molecule has 0 atom stereocenters. The molecule has 0 aliphatic rings. The molecular weight excluding hydrogens is 358 g/mol. The van der Waals surface area contributed by atoms with Crippen LogP contribution in [0.1, 0.15) is 11.1 Å². The van der Waals surface area contributed by atoms with E-state index in [2.05, 4.69) is 15.8 Å². The second-order valence-electron chi connectivity index (χ2n) is 5.43. The fourth-order valence-corrected chi connectivity index (χ4v) is 2.04. The van der Waals surface area contributed by atoms with Crippen LogP contribution in [0, 0.1) is 27.2 Å². The molecule has 3 N–H and O–H groups in total. The van der Waals surface area contributed by atoms with Crippen LogP contribution >= 0.6 is 0 Å². The fourth-order valence-electron chi connectivity index (χ4n) is 2.04. The maximum absolute atomic E-state index is 11.7. The number of nitro benzene ring substituents is 2. The lowest BCUT2D eigenvalue weighted by Gasteiger charge is -2.05. The number of aromatic hydroxyl groups is 1. The van der Waals surface area contributed by atoms with Gasteiger partial charge in [-0.2, -0.15) is 5.10 Å². The first-order valence-electron chi connectivity index (χ1n) is 7.56. The van der Waals surface area contributed by atoms with Gasteiger partial charge in [0.15, 0.2) is 0 Å². The summed E-state index contributed by atoms with van der Waals surface area (Å²) >= 11 is 0. The summed E-state index contributed by atoms with van der Waals surface area (Å²) in [5.41, 5.74) is 2.25. The number of phenolic OH excluding ortho intramolecular Hbond substituents is 1. The van der Waals surface area contributed by atoms with Crippen molar-refractivity contribution in [2.45, 2.75) is 6.92 Å². The van der Waals surface area contributed by atoms with Gasteiger partial charge >= 0.3 is 5.69 Å². The monoisotopic (exact) mass is 373 g/mol. The number of benzene rings is 2. The van der Waals surface area contributed by atoms with Crippen LogP contribution in [-0.2, 0) is 4.79 Å². The third-order valence-electron chi connectivity index (χ3n) is 3.41. The van der Waals surface area contributed by atoms with E-state index in [4.69, 9.17) is 0 Å². The van der Waals surface area contributed by atoms with Crippen LogP contribution in [0.3, 0.4) is 0 Å². The van der Waals surface area contributed by atoms with Gasteiger partial charge in [0, 0.05) is 11.8 Å². The molecule has 0 aliphatic carbocycles. The number of hydrogen-bond acceptors (Lipinski definition) is 8. The van der Waals surface area contributed by atoms with Crippen LogP contribution in [0.2, 0.25) is 0 Å². The highest BCUT2D eigenvalue weighted by atomic mass is 16.6. The Hall–Kier alpha value is -4.02. The van der Waals surface area contributed by atoms with Crippen LogP contribution in [0.5, 0.6) is 5.75 Å². The van der Waals surface area contributed by atoms with Gasteiger partial charge in [-0.1, -0.05) is 17.7 Å². The molecule has 0 aliphatic heterocycles. The van der Waals surface area contributed by atoms with E-state index >= 15 is 0 Å². The van der Waals surface area contributed by atoms with Crippen molar-refractivity contribution in [3.8, 4) is 5.75 Å². The third-order valence-corrected chi connectivity index (χ3v) is 3.41. The molecule has 0 spiro atoms. The number of anilines is 1. The second-order valence-corrected chi connectivity index (χ2v) is 5.43. The van der Waals surface area contributed by atoms with E-state index in [1.165, 1.54) is 0 Å². The van der Waals surface area contributed by atoms with E-state index in [1.807, 2.05) is 19.1 Å². The Bertz CT molecular complexity index is 910. The first-order valence-corrected chi connectivity index (χ1v) is 7.56. The van der Waals surface area contributed by atoms with Crippen LogP contribution in [-0.4, -0.2) is 33.6 Å². The molecule has 2 aromatic rings. The molecule has 1 amide bonds. The summed E-state index contributed by atoms with van der Waals surface area (Å²) in [6, 6.07) is 8.88. The Morgan fingerprint density at radius 2 is 1.85 bits per heavy atom. The molecule has 0 saturated carbocycles. The normalized spacial score (nSPS) is 10.6. The Morgan fingerprint density at radius 3 is 2.44 bits per heavy atom. The van der Waals surface area contributed by atoms with Gasteiger partial charge < -0.3 is 10.4 Å². The predicted molar refractivity (Wildman–Crippen MR) is 96.8 cm³/mol. The number of phenols is 1. The van der Waals surface area contributed by atoms with E-state index in [1.54, 1.807) is 12.1 Å². The first kappa shape index (κ1) is 19.3. The van der Waals surface area contributed by atoms with Crippen molar-refractivity contribution in [2.75, 3.05) is 11.9 Å². The van der Waals surface area contributed by atoms with Crippen molar-refractivity contribution in [3.05, 3.63) is 67.8 Å². The van der Waals surface area contributed by atoms with Crippen LogP contribution < -0.4 is 10.7 Å². The van der Waals surface area contributed by atoms with Crippen molar-refractivity contribution in [2.24, 2.45) is 5.10 Å². The topological polar surface area (TPSA) is 160 Å². The van der Waals surface area contributed by atoms with Crippen LogP contribution in [0.4, 0.5) is 17.1 Å². The number of carbonyl (C=O) groups is 1. The van der Waals surface area contributed by atoms with Crippen LogP contribution in [0.25, 0.3) is 0 Å². The van der Waals surface area contributed by atoms with E-state index in [0.29, 0.717) is 6.07 Å². The largest absolute Gasteiger partial charge is 0.502 e. The molecule has 11 nitrogen and oxygen atoms in total. The Labute approximate surface area is 152 Å². The summed E-state index contributed by atoms with van der Waals surface area (Å²) in [5, 5.41) is 38.0. The fraction of sp³-hybridized carbons (Fsp3) is 0.125. The minimum atomic E-state index is -0.955. The van der Waals surface area contributed by atoms with Gasteiger partial charge in [-0.15, -0.1) is 0 Å². The van der Waals surface area contributed by atoms with Gasteiger partial charge in [-0.25, -0.2) is 5.43 Å². The van der Waals surface area contributed by atoms with Gasteiger partial charge in [0.1, 0.15) is 0 Å². The lowest BCUT2D eigenvalue weighted by Crippen LogP contribution is -2.25. The number of aryl methyl sites for hydroxylation is 1. The Balaban J connectivity index is 2.04. The number of rotatable bonds is 7. The molecule has 27 heavy (non-hydrogen) atoms. The summed E-state index contributed by atoms with van der Waals surface area (Å²) in [4.78, 5) is 31.7. The molecule has 140 valence electrons. The molecule has 2 aromatic carbocycles. The van der Waals surface area contributed by atoms with E-state index in [9.17, 15) is 30.1 Å². The zero-order chi connectivity index (χ0) is 20.0. The number of carbonyl (C=O) groups excluding carboxylic acids is 1. The summed E-state index contributed by atoms with van der Waals surface area (Å²) in [7, 11) is 0. The van der Waals surface area contributed by atoms with Crippen molar-refractivity contribution < 1.29 is 19.7 Å². The predicted octanol–water partition coefficient (Wildman–Crippen LogP) is 2.08. The standard InChI is InChI=1S/C16H15N5O6/c1-10-2-4-12(5-3-10)17-9-15(22)19-18-8-11-6-13(20(24)25)7-14(16(11)23)21(26)27/h2-8,17,23H,9H2,1H3,(H,19,22)/b18-8-. The van der Waals surface area contributed by atoms with Gasteiger partial charge in [0.05, 0.1) is 34.2 Å². The van der Waals surface area contributed by atoms with E-state index in [-0.39, 0.29) is 12.1 Å². The zero-order valence-electron chi connectivity index (χ0n) is 14.1. The minimum absolute atomic E-state index is 0.0958. The van der Waals surface area contributed by atoms with Crippen LogP contribution in [0.15, 0.2) is 41.5 Å². The molecule has 0 unspecified atom stereocenters. The summed E-state index contributed by atoms with van der Waals surface area (Å²) in [5.74, 6) is -1.31. The maximum atomic E-state index is 11.7. The molecule has 0 fully saturated rings. The highest BCUT2D eigenvalue weighted by Gasteiger charge is 2.23. The maximum Gasteiger partial charge on any atom is 0.318 e. The number of hydrazone groups is 1. The Morgan fingerprint density at radius 1 is 1.19 bits per heavy atom. The van der Waals surface area contributed by atoms with Gasteiger partial charge in [-0.05, 0) is 19.1 Å². The SMILES string of the molecule is Cc1ccc(NCC(=O)N/N=C\c2cc([N+](=O)[O-])cc([N+](=O)[O-])c2O)cc1. The smallest absolute Gasteiger partial charge is 0.318 e. The highest BCUT2D eigenvalue weighted by molar-refractivity contribution is 5.88. The quantitative estimate of drug-likeness (QED) is 0.380. The second kappa shape index (κ2) is 8.38. The van der Waals surface area contributed by atoms with Gasteiger partial charge in [0.25, 0.3) is 11.6 Å². The average Bonchev–Trinajstić information content (AvgIpc) is 2.62. The summed E-state index contributed by atoms with van der Waals surface area (Å²) in [6.45, 7) is 1.83. The molecule has 0 aromatic heterocycles. The zero-order valence-corrected chi connectivity index (χ0v) is 14.1. The first-order chi connectivity index (χ1) is 12.8. The average molecular weight is 373 g/mol. The van der Waals surface area contributed by atoms with Gasteiger partial charge in [0.2, 0.25) is 5.75 Å². The number of nitro groups is 2. The summed E-state index contributed by atoms with van der Waals surface area (Å²) < 4.78 is 0. The molecule has 2 rings (SSSR count). The van der Waals surface area contributed by atoms with Gasteiger partial charge in [-0.3, -0.25) is 25.0 Å². The number of non-ortho nitro benzene ring substituents is 1. The van der Waals surface area contributed by atoms with Crippen molar-refractivity contribution in [3.63, 3.8) is 0 Å². The van der Waals surface area contributed by atoms with Crippen molar-refractivity contribution in [1.29, 1.82) is 0 Å². The lowest BCUT2D eigenvalue weighted by atomic mass is 10.1. The van der Waals surface area contributed by atoms with E-state index < -0.39 is 32.9 Å². The minimum Gasteiger partial charge on any atom is -0.502 e. The van der Waals surface area contributed by atoms with E-state index in [0.717, 1.165) is 23.5 Å². The molecule has 11 heteroatoms. The molecule has 0 bridgehead atoms. The number of amides is 1. The molecule has 0 heterocycles. The number of nitrogens with one attached hydrogen (secondary N) is 2. The third kappa shape index (κ3) is 5.22. The van der Waals surface area contributed by atoms with Crippen molar-refractivity contribution >= 4 is 29.2 Å². The number of nitrogens with zero attached hydrogens (tertiary/aromatic N) is 3. The molecular formula is C16H15N5O6. The molecule has 0 radical (unpaired) electrons. The number of hydrogen-bond donors (Lipinski definition) is 3. The Kier molecular flexibility index (Phi) is 5.99. The highest BCUT2D eigenvalue weighted by Crippen LogP contribution is 2.33. The lowest BCUT2D eigenvalue weighted by molar-refractivity contribution is -0.394. The van der Waals surface area contributed by atoms with Crippen molar-refractivity contribution in [1.82, 2.24) is 5.43 Å². The molecule has 0 saturated heterocycles.